The first kappa shape index (κ1) is 31.5. The van der Waals surface area contributed by atoms with E-state index in [2.05, 4.69) is 111 Å². The van der Waals surface area contributed by atoms with Gasteiger partial charge in [0.2, 0.25) is 0 Å². The van der Waals surface area contributed by atoms with E-state index in [1.54, 1.807) is 0 Å². The monoisotopic (exact) mass is 783 g/mol. The SMILES string of the molecule is CCc1cccc(CC)c1-c1cnn(-c2[c-]c(Oc3[c-]c4c(cc3)c3ccccc3n4-c3cc(CC(C)C)ccn3)ccc2)c1.[Pt+2]. The Balaban J connectivity index is 0.00000372. The predicted octanol–water partition coefficient (Wildman–Crippen LogP) is 9.74. The van der Waals surface area contributed by atoms with Gasteiger partial charge in [-0.05, 0) is 76.7 Å². The maximum atomic E-state index is 6.39. The molecule has 0 saturated carbocycles. The van der Waals surface area contributed by atoms with Crippen LogP contribution in [0.4, 0.5) is 0 Å². The Morgan fingerprint density at radius 2 is 1.57 bits per heavy atom. The van der Waals surface area contributed by atoms with Crippen molar-refractivity contribution in [2.45, 2.75) is 47.0 Å². The minimum Gasteiger partial charge on any atom is -0.509 e. The fraction of sp³-hybridized carbons (Fsp3) is 0.200. The molecule has 7 rings (SSSR count). The second kappa shape index (κ2) is 13.5. The molecule has 0 radical (unpaired) electrons. The molecule has 0 amide bonds. The molecule has 3 aromatic heterocycles. The van der Waals surface area contributed by atoms with Gasteiger partial charge in [0.1, 0.15) is 5.82 Å². The van der Waals surface area contributed by atoms with Crippen LogP contribution in [0.5, 0.6) is 11.5 Å². The van der Waals surface area contributed by atoms with E-state index in [9.17, 15) is 0 Å². The molecule has 0 aliphatic rings. The van der Waals surface area contributed by atoms with Crippen molar-refractivity contribution in [3.05, 3.63) is 132 Å². The van der Waals surface area contributed by atoms with Crippen LogP contribution in [0.3, 0.4) is 0 Å². The summed E-state index contributed by atoms with van der Waals surface area (Å²) in [6, 6.07) is 36.2. The van der Waals surface area contributed by atoms with Gasteiger partial charge in [-0.1, -0.05) is 69.6 Å². The summed E-state index contributed by atoms with van der Waals surface area (Å²) in [4.78, 5) is 4.78. The molecular weight excluding hydrogens is 748 g/mol. The zero-order valence-electron chi connectivity index (χ0n) is 26.5. The number of benzene rings is 4. The number of ether oxygens (including phenoxy) is 1. The summed E-state index contributed by atoms with van der Waals surface area (Å²) in [6.07, 6.45) is 8.88. The molecule has 0 N–H and O–H groups in total. The van der Waals surface area contributed by atoms with Crippen molar-refractivity contribution in [3.63, 3.8) is 0 Å². The summed E-state index contributed by atoms with van der Waals surface area (Å²) in [5.41, 5.74) is 9.16. The Hall–Kier alpha value is -4.47. The summed E-state index contributed by atoms with van der Waals surface area (Å²) in [6.45, 7) is 8.88. The second-order valence-electron chi connectivity index (χ2n) is 11.9. The standard InChI is InChI=1S/C40H36N4O.Pt/c1-5-29-11-9-12-30(6-2)40(29)31-25-42-43(26-31)32-13-10-14-33(23-32)45-34-17-18-36-35-15-7-8-16-37(35)44(38(36)24-34)39-22-28(19-20-41-39)21-27(3)4;/h7-20,22,25-27H,5-6,21H2,1-4H3;/q-2;+2. The Morgan fingerprint density at radius 1 is 0.804 bits per heavy atom. The van der Waals surface area contributed by atoms with Crippen LogP contribution in [-0.2, 0) is 40.3 Å². The molecule has 0 aliphatic heterocycles. The first-order valence-corrected chi connectivity index (χ1v) is 15.8. The van der Waals surface area contributed by atoms with Gasteiger partial charge in [-0.25, -0.2) is 4.98 Å². The summed E-state index contributed by atoms with van der Waals surface area (Å²) < 4.78 is 10.4. The second-order valence-corrected chi connectivity index (χ2v) is 11.9. The molecule has 46 heavy (non-hydrogen) atoms. The number of rotatable bonds is 9. The van der Waals surface area contributed by atoms with Crippen molar-refractivity contribution >= 4 is 21.8 Å². The summed E-state index contributed by atoms with van der Waals surface area (Å²) in [5.74, 6) is 2.66. The van der Waals surface area contributed by atoms with E-state index < -0.39 is 0 Å². The van der Waals surface area contributed by atoms with Gasteiger partial charge in [0.15, 0.2) is 0 Å². The van der Waals surface area contributed by atoms with Crippen LogP contribution < -0.4 is 4.74 Å². The van der Waals surface area contributed by atoms with Gasteiger partial charge < -0.3 is 9.30 Å². The molecule has 0 atom stereocenters. The number of aromatic nitrogens is 4. The van der Waals surface area contributed by atoms with Crippen molar-refractivity contribution < 1.29 is 25.8 Å². The molecule has 0 aliphatic carbocycles. The van der Waals surface area contributed by atoms with E-state index in [1.807, 2.05) is 41.3 Å². The average molecular weight is 784 g/mol. The number of pyridine rings is 1. The van der Waals surface area contributed by atoms with Crippen molar-refractivity contribution in [3.8, 4) is 34.1 Å². The minimum absolute atomic E-state index is 0. The fourth-order valence-corrected chi connectivity index (χ4v) is 6.30. The fourth-order valence-electron chi connectivity index (χ4n) is 6.30. The molecule has 232 valence electrons. The van der Waals surface area contributed by atoms with E-state index in [1.165, 1.54) is 22.3 Å². The summed E-state index contributed by atoms with van der Waals surface area (Å²) >= 11 is 0. The quantitative estimate of drug-likeness (QED) is 0.137. The number of fused-ring (bicyclic) bond motifs is 3. The molecule has 6 heteroatoms. The molecule has 4 aromatic carbocycles. The number of hydrogen-bond donors (Lipinski definition) is 0. The van der Waals surface area contributed by atoms with Gasteiger partial charge >= 0.3 is 21.1 Å². The Kier molecular flexibility index (Phi) is 9.24. The molecule has 0 fully saturated rings. The smallest absolute Gasteiger partial charge is 0.509 e. The number of aryl methyl sites for hydroxylation is 2. The Bertz CT molecular complexity index is 2120. The van der Waals surface area contributed by atoms with Crippen LogP contribution in [0.2, 0.25) is 0 Å². The van der Waals surface area contributed by atoms with Crippen molar-refractivity contribution in [2.24, 2.45) is 5.92 Å². The molecule has 0 bridgehead atoms. The number of hydrogen-bond acceptors (Lipinski definition) is 3. The van der Waals surface area contributed by atoms with E-state index >= 15 is 0 Å². The van der Waals surface area contributed by atoms with Crippen LogP contribution in [0.1, 0.15) is 44.4 Å². The molecular formula is C40H36N4OPt. The Morgan fingerprint density at radius 3 is 2.35 bits per heavy atom. The maximum Gasteiger partial charge on any atom is 2.00 e. The van der Waals surface area contributed by atoms with E-state index in [0.29, 0.717) is 17.4 Å². The van der Waals surface area contributed by atoms with Gasteiger partial charge in [0.25, 0.3) is 0 Å². The summed E-state index contributed by atoms with van der Waals surface area (Å²) in [7, 11) is 0. The van der Waals surface area contributed by atoms with Crippen LogP contribution in [0.25, 0.3) is 44.4 Å². The van der Waals surface area contributed by atoms with Crippen molar-refractivity contribution in [1.29, 1.82) is 0 Å². The Labute approximate surface area is 285 Å². The average Bonchev–Trinajstić information content (AvgIpc) is 3.67. The third-order valence-electron chi connectivity index (χ3n) is 8.33. The normalized spacial score (nSPS) is 11.3. The maximum absolute atomic E-state index is 6.39. The first-order valence-electron chi connectivity index (χ1n) is 15.8. The van der Waals surface area contributed by atoms with Crippen LogP contribution in [0, 0.1) is 18.1 Å². The van der Waals surface area contributed by atoms with Gasteiger partial charge in [-0.2, -0.15) is 17.2 Å². The largest absolute Gasteiger partial charge is 2.00 e. The topological polar surface area (TPSA) is 44.9 Å². The van der Waals surface area contributed by atoms with Crippen LogP contribution in [-0.4, -0.2) is 19.3 Å². The molecule has 0 unspecified atom stereocenters. The van der Waals surface area contributed by atoms with Crippen LogP contribution in [0.15, 0.2) is 104 Å². The molecule has 0 saturated heterocycles. The van der Waals surface area contributed by atoms with Crippen LogP contribution >= 0.6 is 0 Å². The molecule has 7 aromatic rings. The summed E-state index contributed by atoms with van der Waals surface area (Å²) in [5, 5.41) is 6.97. The third-order valence-corrected chi connectivity index (χ3v) is 8.33. The molecule has 5 nitrogen and oxygen atoms in total. The molecule has 0 spiro atoms. The number of para-hydroxylation sites is 1. The van der Waals surface area contributed by atoms with Gasteiger partial charge in [-0.15, -0.1) is 35.7 Å². The van der Waals surface area contributed by atoms with Gasteiger partial charge in [-0.3, -0.25) is 4.68 Å². The van der Waals surface area contributed by atoms with Gasteiger partial charge in [0.05, 0.1) is 6.20 Å². The predicted molar refractivity (Wildman–Crippen MR) is 183 cm³/mol. The zero-order valence-corrected chi connectivity index (χ0v) is 28.8. The molecule has 3 heterocycles. The van der Waals surface area contributed by atoms with Gasteiger partial charge in [0, 0.05) is 35.0 Å². The van der Waals surface area contributed by atoms with Crippen molar-refractivity contribution in [1.82, 2.24) is 19.3 Å². The zero-order chi connectivity index (χ0) is 30.9. The number of nitrogens with zero attached hydrogens (tertiary/aromatic N) is 4. The van der Waals surface area contributed by atoms with E-state index in [4.69, 9.17) is 14.8 Å². The van der Waals surface area contributed by atoms with E-state index in [-0.39, 0.29) is 21.1 Å². The third kappa shape index (κ3) is 6.04. The van der Waals surface area contributed by atoms with E-state index in [0.717, 1.165) is 58.1 Å². The van der Waals surface area contributed by atoms with Crippen molar-refractivity contribution in [2.75, 3.05) is 0 Å². The first-order chi connectivity index (χ1) is 22.0. The minimum atomic E-state index is 0.